The Labute approximate surface area is 124 Å². The fourth-order valence-electron chi connectivity index (χ4n) is 2.38. The lowest BCUT2D eigenvalue weighted by Gasteiger charge is -2.34. The van der Waals surface area contributed by atoms with Crippen LogP contribution in [0.25, 0.3) is 0 Å². The van der Waals surface area contributed by atoms with E-state index in [-0.39, 0.29) is 0 Å². The van der Waals surface area contributed by atoms with Crippen LogP contribution in [-0.4, -0.2) is 59.8 Å². The van der Waals surface area contributed by atoms with Crippen molar-refractivity contribution < 1.29 is 23.1 Å². The van der Waals surface area contributed by atoms with Crippen LogP contribution in [0.1, 0.15) is 20.1 Å². The van der Waals surface area contributed by atoms with E-state index in [4.69, 9.17) is 5.11 Å². The summed E-state index contributed by atoms with van der Waals surface area (Å²) in [5, 5.41) is 8.95. The van der Waals surface area contributed by atoms with Crippen LogP contribution in [0.4, 0.5) is 13.2 Å². The lowest BCUT2D eigenvalue weighted by Crippen LogP contribution is -2.48. The summed E-state index contributed by atoms with van der Waals surface area (Å²) in [6.45, 7) is 3.49. The summed E-state index contributed by atoms with van der Waals surface area (Å²) < 4.78 is 36.9. The zero-order chi connectivity index (χ0) is 15.6. The third-order valence-corrected chi connectivity index (χ3v) is 4.57. The van der Waals surface area contributed by atoms with Gasteiger partial charge < -0.3 is 5.11 Å². The molecule has 1 fully saturated rings. The van der Waals surface area contributed by atoms with Crippen molar-refractivity contribution >= 4 is 17.3 Å². The van der Waals surface area contributed by atoms with Gasteiger partial charge in [0.1, 0.15) is 4.88 Å². The highest BCUT2D eigenvalue weighted by Crippen LogP contribution is 2.24. The van der Waals surface area contributed by atoms with E-state index < -0.39 is 18.7 Å². The molecule has 1 aliphatic rings. The Hall–Kier alpha value is -1.12. The predicted molar refractivity (Wildman–Crippen MR) is 73.8 cm³/mol. The average Bonchev–Trinajstić information content (AvgIpc) is 2.72. The van der Waals surface area contributed by atoms with Crippen molar-refractivity contribution in [3.63, 3.8) is 0 Å². The second kappa shape index (κ2) is 6.33. The fourth-order valence-corrected chi connectivity index (χ4v) is 3.26. The zero-order valence-corrected chi connectivity index (χ0v) is 12.4. The summed E-state index contributed by atoms with van der Waals surface area (Å²) in [7, 11) is 0. The molecule has 4 nitrogen and oxygen atoms in total. The highest BCUT2D eigenvalue weighted by Gasteiger charge is 2.32. The van der Waals surface area contributed by atoms with Gasteiger partial charge in [-0.1, -0.05) is 0 Å². The number of nitrogens with zero attached hydrogens (tertiary/aromatic N) is 2. The van der Waals surface area contributed by atoms with Gasteiger partial charge in [-0.25, -0.2) is 4.79 Å². The van der Waals surface area contributed by atoms with Crippen LogP contribution in [0.5, 0.6) is 0 Å². The summed E-state index contributed by atoms with van der Waals surface area (Å²) in [5.74, 6) is -0.940. The van der Waals surface area contributed by atoms with Gasteiger partial charge in [0.15, 0.2) is 0 Å². The minimum absolute atomic E-state index is 0.304. The van der Waals surface area contributed by atoms with Crippen molar-refractivity contribution in [3.05, 3.63) is 21.4 Å². The molecule has 2 heterocycles. The van der Waals surface area contributed by atoms with Crippen LogP contribution < -0.4 is 0 Å². The van der Waals surface area contributed by atoms with Gasteiger partial charge in [0.25, 0.3) is 0 Å². The first-order valence-electron chi connectivity index (χ1n) is 6.58. The van der Waals surface area contributed by atoms with Gasteiger partial charge in [0.05, 0.1) is 6.54 Å². The topological polar surface area (TPSA) is 43.8 Å². The number of aryl methyl sites for hydroxylation is 1. The van der Waals surface area contributed by atoms with Gasteiger partial charge >= 0.3 is 12.1 Å². The summed E-state index contributed by atoms with van der Waals surface area (Å²) in [5.41, 5.74) is 0.946. The normalized spacial score (nSPS) is 18.1. The van der Waals surface area contributed by atoms with Crippen LogP contribution in [-0.2, 0) is 6.54 Å². The molecule has 0 saturated carbocycles. The molecule has 0 unspecified atom stereocenters. The molecule has 118 valence electrons. The number of piperazine rings is 1. The molecule has 2 rings (SSSR count). The van der Waals surface area contributed by atoms with E-state index in [1.165, 1.54) is 16.2 Å². The van der Waals surface area contributed by atoms with Crippen molar-refractivity contribution in [1.29, 1.82) is 0 Å². The quantitative estimate of drug-likeness (QED) is 0.925. The summed E-state index contributed by atoms with van der Waals surface area (Å²) in [6.07, 6.45) is -4.15. The number of rotatable bonds is 4. The molecule has 0 aromatic carbocycles. The number of carboxylic acid groups (broad SMARTS) is 1. The molecule has 21 heavy (non-hydrogen) atoms. The van der Waals surface area contributed by atoms with Crippen LogP contribution >= 0.6 is 11.3 Å². The second-order valence-corrected chi connectivity index (χ2v) is 6.42. The Balaban J connectivity index is 1.87. The maximum atomic E-state index is 12.3. The van der Waals surface area contributed by atoms with Gasteiger partial charge in [-0.3, -0.25) is 9.80 Å². The standard InChI is InChI=1S/C13H17F3N2O2S/c1-9-10(6-11(21-9)12(19)20)7-17-2-4-18(5-3-17)8-13(14,15)16/h6H,2-5,7-8H2,1H3,(H,19,20). The monoisotopic (exact) mass is 322 g/mol. The second-order valence-electron chi connectivity index (χ2n) is 5.16. The Morgan fingerprint density at radius 2 is 1.86 bits per heavy atom. The molecule has 1 saturated heterocycles. The first-order chi connectivity index (χ1) is 9.74. The Morgan fingerprint density at radius 1 is 1.29 bits per heavy atom. The number of carbonyl (C=O) groups is 1. The molecule has 0 atom stereocenters. The molecule has 0 bridgehead atoms. The number of alkyl halides is 3. The van der Waals surface area contributed by atoms with Crippen molar-refractivity contribution in [1.82, 2.24) is 9.80 Å². The Bertz CT molecular complexity index is 508. The van der Waals surface area contributed by atoms with E-state index in [0.29, 0.717) is 37.6 Å². The molecule has 0 amide bonds. The fraction of sp³-hybridized carbons (Fsp3) is 0.615. The van der Waals surface area contributed by atoms with E-state index in [1.807, 2.05) is 6.92 Å². The average molecular weight is 322 g/mol. The maximum absolute atomic E-state index is 12.3. The van der Waals surface area contributed by atoms with E-state index in [2.05, 4.69) is 4.90 Å². The van der Waals surface area contributed by atoms with Gasteiger partial charge in [0.2, 0.25) is 0 Å². The molecular formula is C13H17F3N2O2S. The molecule has 1 aromatic heterocycles. The van der Waals surface area contributed by atoms with Crippen LogP contribution in [0.15, 0.2) is 6.07 Å². The molecule has 0 spiro atoms. The summed E-state index contributed by atoms with van der Waals surface area (Å²) >= 11 is 1.23. The number of thiophene rings is 1. The molecule has 0 radical (unpaired) electrons. The van der Waals surface area contributed by atoms with Crippen molar-refractivity contribution in [2.75, 3.05) is 32.7 Å². The highest BCUT2D eigenvalue weighted by atomic mass is 32.1. The van der Waals surface area contributed by atoms with E-state index >= 15 is 0 Å². The predicted octanol–water partition coefficient (Wildman–Crippen LogP) is 2.43. The Morgan fingerprint density at radius 3 is 2.33 bits per heavy atom. The van der Waals surface area contributed by atoms with Gasteiger partial charge in [0, 0.05) is 37.6 Å². The third kappa shape index (κ3) is 4.69. The summed E-state index contributed by atoms with van der Waals surface area (Å²) in [6, 6.07) is 1.66. The number of carboxylic acids is 1. The van der Waals surface area contributed by atoms with Crippen molar-refractivity contribution in [2.45, 2.75) is 19.6 Å². The molecule has 0 aliphatic carbocycles. The number of hydrogen-bond donors (Lipinski definition) is 1. The highest BCUT2D eigenvalue weighted by molar-refractivity contribution is 7.14. The van der Waals surface area contributed by atoms with E-state index in [0.717, 1.165) is 10.4 Å². The lowest BCUT2D eigenvalue weighted by atomic mass is 10.2. The third-order valence-electron chi connectivity index (χ3n) is 3.49. The molecule has 8 heteroatoms. The molecule has 1 aliphatic heterocycles. The van der Waals surface area contributed by atoms with Crippen LogP contribution in [0.3, 0.4) is 0 Å². The SMILES string of the molecule is Cc1sc(C(=O)O)cc1CN1CCN(CC(F)(F)F)CC1. The minimum Gasteiger partial charge on any atom is -0.477 e. The lowest BCUT2D eigenvalue weighted by molar-refractivity contribution is -0.149. The van der Waals surface area contributed by atoms with Crippen molar-refractivity contribution in [2.24, 2.45) is 0 Å². The van der Waals surface area contributed by atoms with Crippen LogP contribution in [0, 0.1) is 6.92 Å². The molecular weight excluding hydrogens is 305 g/mol. The van der Waals surface area contributed by atoms with Gasteiger partial charge in [-0.15, -0.1) is 11.3 Å². The smallest absolute Gasteiger partial charge is 0.401 e. The number of halogens is 3. The molecule has 1 N–H and O–H groups in total. The minimum atomic E-state index is -4.15. The van der Waals surface area contributed by atoms with Gasteiger partial charge in [-0.2, -0.15) is 13.2 Å². The maximum Gasteiger partial charge on any atom is 0.401 e. The molecule has 1 aromatic rings. The van der Waals surface area contributed by atoms with Crippen molar-refractivity contribution in [3.8, 4) is 0 Å². The largest absolute Gasteiger partial charge is 0.477 e. The van der Waals surface area contributed by atoms with Crippen LogP contribution in [0.2, 0.25) is 0 Å². The van der Waals surface area contributed by atoms with E-state index in [1.54, 1.807) is 6.07 Å². The summed E-state index contributed by atoms with van der Waals surface area (Å²) in [4.78, 5) is 15.6. The number of aromatic carboxylic acids is 1. The number of hydrogen-bond acceptors (Lipinski definition) is 4. The zero-order valence-electron chi connectivity index (χ0n) is 11.6. The Kier molecular flexibility index (Phi) is 4.90. The first kappa shape index (κ1) is 16.3. The van der Waals surface area contributed by atoms with Gasteiger partial charge in [-0.05, 0) is 18.6 Å². The first-order valence-corrected chi connectivity index (χ1v) is 7.40. The van der Waals surface area contributed by atoms with E-state index in [9.17, 15) is 18.0 Å².